The lowest BCUT2D eigenvalue weighted by molar-refractivity contribution is -0.119. The quantitative estimate of drug-likeness (QED) is 0.815. The van der Waals surface area contributed by atoms with Gasteiger partial charge in [-0.05, 0) is 31.7 Å². The Morgan fingerprint density at radius 1 is 1.24 bits per heavy atom. The van der Waals surface area contributed by atoms with Gasteiger partial charge in [0.25, 0.3) is 0 Å². The molecule has 1 aliphatic carbocycles. The molecule has 9 heteroatoms. The predicted molar refractivity (Wildman–Crippen MR) is 102 cm³/mol. The number of carbonyl (C=O) groups excluding carboxylic acids is 1. The van der Waals surface area contributed by atoms with Crippen molar-refractivity contribution >= 4 is 28.5 Å². The molecule has 1 amide bonds. The number of carboxylic acid groups (broad SMARTS) is 1. The highest BCUT2D eigenvalue weighted by molar-refractivity contribution is 5.94. The molecule has 0 bridgehead atoms. The SMILES string of the molecule is CC(=O)NC1CCCN(c2c(F)cc3c(=O)c(C(=O)O)cn(C4CC4)c3c2F)C1. The number of hydrogen-bond acceptors (Lipinski definition) is 4. The van der Waals surface area contributed by atoms with E-state index in [2.05, 4.69) is 5.32 Å². The first-order chi connectivity index (χ1) is 13.8. The first-order valence-corrected chi connectivity index (χ1v) is 9.60. The number of pyridine rings is 1. The molecule has 2 N–H and O–H groups in total. The van der Waals surface area contributed by atoms with E-state index in [-0.39, 0.29) is 41.1 Å². The van der Waals surface area contributed by atoms with E-state index >= 15 is 4.39 Å². The summed E-state index contributed by atoms with van der Waals surface area (Å²) in [5.41, 5.74) is -1.71. The smallest absolute Gasteiger partial charge is 0.341 e. The predicted octanol–water partition coefficient (Wildman–Crippen LogP) is 2.42. The molecule has 4 rings (SSSR count). The Morgan fingerprint density at radius 2 is 1.97 bits per heavy atom. The zero-order valence-corrected chi connectivity index (χ0v) is 15.9. The van der Waals surface area contributed by atoms with Crippen molar-refractivity contribution in [2.45, 2.75) is 44.7 Å². The number of benzene rings is 1. The van der Waals surface area contributed by atoms with Crippen LogP contribution in [0.5, 0.6) is 0 Å². The van der Waals surface area contributed by atoms with Crippen molar-refractivity contribution in [1.29, 1.82) is 0 Å². The van der Waals surface area contributed by atoms with E-state index in [0.717, 1.165) is 25.1 Å². The topological polar surface area (TPSA) is 91.6 Å². The molecule has 154 valence electrons. The summed E-state index contributed by atoms with van der Waals surface area (Å²) in [6, 6.07) is 0.594. The maximum atomic E-state index is 15.6. The second-order valence-electron chi connectivity index (χ2n) is 7.72. The Kier molecular flexibility index (Phi) is 4.76. The second kappa shape index (κ2) is 7.13. The number of piperidine rings is 1. The molecule has 1 aromatic heterocycles. The van der Waals surface area contributed by atoms with Crippen molar-refractivity contribution in [2.75, 3.05) is 18.0 Å². The number of hydrogen-bond donors (Lipinski definition) is 2. The highest BCUT2D eigenvalue weighted by atomic mass is 19.1. The minimum Gasteiger partial charge on any atom is -0.477 e. The summed E-state index contributed by atoms with van der Waals surface area (Å²) >= 11 is 0. The fourth-order valence-electron chi connectivity index (χ4n) is 4.10. The van der Waals surface area contributed by atoms with E-state index in [4.69, 9.17) is 0 Å². The average molecular weight is 405 g/mol. The molecule has 0 radical (unpaired) electrons. The lowest BCUT2D eigenvalue weighted by atomic mass is 10.0. The largest absolute Gasteiger partial charge is 0.477 e. The molecule has 29 heavy (non-hydrogen) atoms. The summed E-state index contributed by atoms with van der Waals surface area (Å²) in [5, 5.41) is 11.8. The maximum Gasteiger partial charge on any atom is 0.341 e. The van der Waals surface area contributed by atoms with Crippen LogP contribution < -0.4 is 15.6 Å². The Morgan fingerprint density at radius 3 is 2.59 bits per heavy atom. The van der Waals surface area contributed by atoms with Crippen LogP contribution in [0.4, 0.5) is 14.5 Å². The molecule has 2 aromatic rings. The number of anilines is 1. The van der Waals surface area contributed by atoms with Crippen LogP contribution >= 0.6 is 0 Å². The van der Waals surface area contributed by atoms with Gasteiger partial charge in [0.2, 0.25) is 11.3 Å². The van der Waals surface area contributed by atoms with Crippen LogP contribution in [0.15, 0.2) is 17.1 Å². The third-order valence-corrected chi connectivity index (χ3v) is 5.50. The molecule has 7 nitrogen and oxygen atoms in total. The van der Waals surface area contributed by atoms with E-state index in [0.29, 0.717) is 19.4 Å². The Bertz CT molecular complexity index is 1080. The Hall–Kier alpha value is -2.97. The average Bonchev–Trinajstić information content (AvgIpc) is 3.47. The van der Waals surface area contributed by atoms with Crippen LogP contribution in [0.1, 0.15) is 49.0 Å². The van der Waals surface area contributed by atoms with Gasteiger partial charge in [-0.25, -0.2) is 13.6 Å². The second-order valence-corrected chi connectivity index (χ2v) is 7.72. The number of carboxylic acids is 1. The van der Waals surface area contributed by atoms with Gasteiger partial charge in [-0.3, -0.25) is 9.59 Å². The van der Waals surface area contributed by atoms with Crippen LogP contribution in [0.25, 0.3) is 10.9 Å². The molecule has 0 spiro atoms. The summed E-state index contributed by atoms with van der Waals surface area (Å²) in [6.07, 6.45) is 3.98. The fourth-order valence-corrected chi connectivity index (χ4v) is 4.10. The van der Waals surface area contributed by atoms with E-state index < -0.39 is 28.6 Å². The van der Waals surface area contributed by atoms with Crippen molar-refractivity contribution in [3.8, 4) is 0 Å². The maximum absolute atomic E-state index is 15.6. The van der Waals surface area contributed by atoms with Gasteiger partial charge in [0.05, 0.1) is 10.9 Å². The molecule has 1 aromatic carbocycles. The molecule has 2 heterocycles. The monoisotopic (exact) mass is 405 g/mol. The van der Waals surface area contributed by atoms with Crippen molar-refractivity contribution in [1.82, 2.24) is 9.88 Å². The number of nitrogens with zero attached hydrogens (tertiary/aromatic N) is 2. The van der Waals surface area contributed by atoms with Gasteiger partial charge in [0.1, 0.15) is 17.1 Å². The number of aromatic nitrogens is 1. The minimum absolute atomic E-state index is 0.0689. The van der Waals surface area contributed by atoms with Gasteiger partial charge in [-0.1, -0.05) is 0 Å². The number of fused-ring (bicyclic) bond motifs is 1. The van der Waals surface area contributed by atoms with E-state index in [9.17, 15) is 23.9 Å². The van der Waals surface area contributed by atoms with E-state index in [1.165, 1.54) is 11.5 Å². The molecule has 1 aliphatic heterocycles. The molecule has 1 saturated heterocycles. The minimum atomic E-state index is -1.43. The number of halogens is 2. The van der Waals surface area contributed by atoms with Crippen LogP contribution in [0.2, 0.25) is 0 Å². The van der Waals surface area contributed by atoms with Gasteiger partial charge < -0.3 is 19.9 Å². The van der Waals surface area contributed by atoms with Crippen LogP contribution in [0, 0.1) is 11.6 Å². The molecule has 1 atom stereocenters. The van der Waals surface area contributed by atoms with Gasteiger partial charge >= 0.3 is 5.97 Å². The van der Waals surface area contributed by atoms with E-state index in [1.807, 2.05) is 0 Å². The molecular weight excluding hydrogens is 384 g/mol. The Balaban J connectivity index is 1.87. The standard InChI is InChI=1S/C20H21F2N3O4/c1-10(26)23-11-3-2-6-24(8-11)18-15(21)7-13-17(16(18)22)25(12-4-5-12)9-14(19(13)27)20(28)29/h7,9,11-12H,2-6,8H2,1H3,(H,23,26)(H,28,29). The number of rotatable bonds is 4. The highest BCUT2D eigenvalue weighted by Gasteiger charge is 2.32. The van der Waals surface area contributed by atoms with Crippen molar-refractivity contribution in [2.24, 2.45) is 0 Å². The zero-order valence-electron chi connectivity index (χ0n) is 15.9. The lowest BCUT2D eigenvalue weighted by Gasteiger charge is -2.35. The normalized spacial score (nSPS) is 19.4. The third-order valence-electron chi connectivity index (χ3n) is 5.50. The number of aromatic carboxylic acids is 1. The van der Waals surface area contributed by atoms with Gasteiger partial charge in [-0.15, -0.1) is 0 Å². The first-order valence-electron chi connectivity index (χ1n) is 9.60. The molecule has 1 saturated carbocycles. The fraction of sp³-hybridized carbons (Fsp3) is 0.450. The summed E-state index contributed by atoms with van der Waals surface area (Å²) in [5.74, 6) is -3.42. The number of amides is 1. The molecule has 1 unspecified atom stereocenters. The highest BCUT2D eigenvalue weighted by Crippen LogP contribution is 2.40. The van der Waals surface area contributed by atoms with Gasteiger partial charge in [0, 0.05) is 38.3 Å². The van der Waals surface area contributed by atoms with Crippen molar-refractivity contribution < 1.29 is 23.5 Å². The third kappa shape index (κ3) is 3.45. The van der Waals surface area contributed by atoms with Gasteiger partial charge in [-0.2, -0.15) is 0 Å². The van der Waals surface area contributed by atoms with Crippen molar-refractivity contribution in [3.63, 3.8) is 0 Å². The lowest BCUT2D eigenvalue weighted by Crippen LogP contribution is -2.47. The van der Waals surface area contributed by atoms with Crippen LogP contribution in [-0.4, -0.2) is 40.7 Å². The first kappa shape index (κ1) is 19.4. The molecular formula is C20H21F2N3O4. The van der Waals surface area contributed by atoms with Crippen LogP contribution in [-0.2, 0) is 4.79 Å². The Labute approximate surface area is 164 Å². The zero-order chi connectivity index (χ0) is 20.9. The summed E-state index contributed by atoms with van der Waals surface area (Å²) in [4.78, 5) is 36.9. The molecule has 2 aliphatic rings. The van der Waals surface area contributed by atoms with Crippen molar-refractivity contribution in [3.05, 3.63) is 39.7 Å². The molecule has 2 fully saturated rings. The number of carbonyl (C=O) groups is 2. The van der Waals surface area contributed by atoms with E-state index in [1.54, 1.807) is 4.90 Å². The van der Waals surface area contributed by atoms with Gasteiger partial charge in [0.15, 0.2) is 5.82 Å². The number of nitrogens with one attached hydrogen (secondary N) is 1. The van der Waals surface area contributed by atoms with Crippen LogP contribution in [0.3, 0.4) is 0 Å². The summed E-state index contributed by atoms with van der Waals surface area (Å²) < 4.78 is 32.0. The summed E-state index contributed by atoms with van der Waals surface area (Å²) in [7, 11) is 0. The summed E-state index contributed by atoms with van der Waals surface area (Å²) in [6.45, 7) is 2.06.